The van der Waals surface area contributed by atoms with Gasteiger partial charge in [0.2, 0.25) is 0 Å². The van der Waals surface area contributed by atoms with E-state index in [1.807, 2.05) is 40.2 Å². The Morgan fingerprint density at radius 1 is 1.10 bits per heavy atom. The van der Waals surface area contributed by atoms with E-state index in [0.717, 1.165) is 72.5 Å². The van der Waals surface area contributed by atoms with Crippen molar-refractivity contribution in [2.45, 2.75) is 71.0 Å². The van der Waals surface area contributed by atoms with E-state index in [1.54, 1.807) is 21.8 Å². The number of pyridine rings is 1. The van der Waals surface area contributed by atoms with E-state index in [0.29, 0.717) is 18.7 Å². The van der Waals surface area contributed by atoms with Crippen LogP contribution in [0, 0.1) is 11.3 Å². The Morgan fingerprint density at radius 2 is 1.93 bits per heavy atom. The molecule has 4 aromatic rings. The molecule has 12 heteroatoms. The van der Waals surface area contributed by atoms with Crippen molar-refractivity contribution < 1.29 is 9.63 Å². The van der Waals surface area contributed by atoms with E-state index < -0.39 is 0 Å². The van der Waals surface area contributed by atoms with Gasteiger partial charge in [-0.15, -0.1) is 10.2 Å². The van der Waals surface area contributed by atoms with Crippen molar-refractivity contribution in [3.8, 4) is 28.7 Å². The average Bonchev–Trinajstić information content (AvgIpc) is 3.65. The summed E-state index contributed by atoms with van der Waals surface area (Å²) >= 11 is 0. The first-order valence-electron chi connectivity index (χ1n) is 14.7. The van der Waals surface area contributed by atoms with E-state index in [1.165, 1.54) is 0 Å². The molecule has 6 heterocycles. The maximum Gasteiger partial charge on any atom is 0.429 e. The molecule has 1 N–H and O–H groups in total. The van der Waals surface area contributed by atoms with Gasteiger partial charge in [-0.2, -0.15) is 10.4 Å². The van der Waals surface area contributed by atoms with Gasteiger partial charge < -0.3 is 15.1 Å². The predicted octanol–water partition coefficient (Wildman–Crippen LogP) is 4.91. The minimum atomic E-state index is -0.235. The fraction of sp³-hybridized carbons (Fsp3) is 0.467. The highest BCUT2D eigenvalue weighted by atomic mass is 16.7. The molecule has 2 aliphatic heterocycles. The van der Waals surface area contributed by atoms with Crippen molar-refractivity contribution >= 4 is 17.3 Å². The Kier molecular flexibility index (Phi) is 7.75. The average molecular weight is 569 g/mol. The largest absolute Gasteiger partial charge is 0.429 e. The first-order chi connectivity index (χ1) is 20.4. The minimum absolute atomic E-state index is 0.167. The topological polar surface area (TPSA) is 130 Å². The number of hydroxylamine groups is 2. The number of carbonyl (C=O) groups is 1. The molecule has 4 aromatic heterocycles. The fourth-order valence-corrected chi connectivity index (χ4v) is 5.79. The summed E-state index contributed by atoms with van der Waals surface area (Å²) in [6, 6.07) is 10.4. The highest BCUT2D eigenvalue weighted by Crippen LogP contribution is 2.32. The Bertz CT molecular complexity index is 1610. The van der Waals surface area contributed by atoms with Crippen LogP contribution in [-0.2, 0) is 4.84 Å². The Morgan fingerprint density at radius 3 is 2.69 bits per heavy atom. The summed E-state index contributed by atoms with van der Waals surface area (Å²) in [6.07, 6.45) is 9.96. The maximum atomic E-state index is 12.7. The van der Waals surface area contributed by atoms with Gasteiger partial charge in [-0.25, -0.2) is 14.0 Å². The molecule has 42 heavy (non-hydrogen) atoms. The lowest BCUT2D eigenvalue weighted by Gasteiger charge is -2.35. The number of nitrogens with one attached hydrogen (secondary N) is 1. The second-order valence-electron chi connectivity index (χ2n) is 11.5. The molecular weight excluding hydrogens is 532 g/mol. The van der Waals surface area contributed by atoms with Gasteiger partial charge in [0, 0.05) is 49.2 Å². The van der Waals surface area contributed by atoms with Gasteiger partial charge in [0.1, 0.15) is 11.8 Å². The summed E-state index contributed by atoms with van der Waals surface area (Å²) in [5.41, 5.74) is 5.44. The van der Waals surface area contributed by atoms with Gasteiger partial charge in [0.05, 0.1) is 40.9 Å². The summed E-state index contributed by atoms with van der Waals surface area (Å²) in [5.74, 6) is 0. The van der Waals surface area contributed by atoms with Gasteiger partial charge in [0.25, 0.3) is 0 Å². The zero-order chi connectivity index (χ0) is 29.2. The van der Waals surface area contributed by atoms with Crippen molar-refractivity contribution in [2.75, 3.05) is 25.0 Å². The smallest absolute Gasteiger partial charge is 0.382 e. The number of amides is 1. The minimum Gasteiger partial charge on any atom is -0.382 e. The number of rotatable bonds is 6. The van der Waals surface area contributed by atoms with E-state index in [9.17, 15) is 10.1 Å². The molecule has 0 aromatic carbocycles. The van der Waals surface area contributed by atoms with E-state index in [4.69, 9.17) is 9.82 Å². The highest BCUT2D eigenvalue weighted by molar-refractivity contribution is 5.79. The van der Waals surface area contributed by atoms with Crippen LogP contribution >= 0.6 is 0 Å². The Hall–Kier alpha value is -4.50. The lowest BCUT2D eigenvalue weighted by Crippen LogP contribution is -2.46. The normalized spacial score (nSPS) is 18.4. The molecule has 0 saturated carbocycles. The fourth-order valence-electron chi connectivity index (χ4n) is 5.79. The molecule has 1 amide bonds. The van der Waals surface area contributed by atoms with Gasteiger partial charge in [0.15, 0.2) is 0 Å². The molecule has 2 fully saturated rings. The van der Waals surface area contributed by atoms with Crippen LogP contribution in [-0.4, -0.2) is 77.4 Å². The van der Waals surface area contributed by atoms with Crippen LogP contribution in [0.5, 0.6) is 0 Å². The second-order valence-corrected chi connectivity index (χ2v) is 11.5. The van der Waals surface area contributed by atoms with Crippen molar-refractivity contribution in [1.29, 1.82) is 5.26 Å². The molecule has 1 unspecified atom stereocenters. The highest BCUT2D eigenvalue weighted by Gasteiger charge is 2.29. The Balaban J connectivity index is 1.16. The number of fused-ring (bicyclic) bond motifs is 1. The Labute approximate surface area is 244 Å². The van der Waals surface area contributed by atoms with Crippen LogP contribution in [0.4, 0.5) is 10.5 Å². The molecule has 2 aliphatic rings. The quantitative estimate of drug-likeness (QED) is 0.345. The third-order valence-corrected chi connectivity index (χ3v) is 8.07. The monoisotopic (exact) mass is 568 g/mol. The maximum absolute atomic E-state index is 12.7. The summed E-state index contributed by atoms with van der Waals surface area (Å²) in [5, 5.41) is 27.9. The molecule has 0 aliphatic carbocycles. The summed E-state index contributed by atoms with van der Waals surface area (Å²) in [4.78, 5) is 25.0. The zero-order valence-corrected chi connectivity index (χ0v) is 24.3. The predicted molar refractivity (Wildman–Crippen MR) is 157 cm³/mol. The van der Waals surface area contributed by atoms with Crippen LogP contribution in [0.2, 0.25) is 0 Å². The molecular formula is C30H36N10O2. The third-order valence-electron chi connectivity index (χ3n) is 8.07. The van der Waals surface area contributed by atoms with Gasteiger partial charge in [-0.3, -0.25) is 4.98 Å². The molecule has 12 nitrogen and oxygen atoms in total. The number of piperidine rings is 2. The van der Waals surface area contributed by atoms with Crippen LogP contribution < -0.4 is 5.32 Å². The third kappa shape index (κ3) is 5.65. The molecule has 0 radical (unpaired) electrons. The zero-order valence-electron chi connectivity index (χ0n) is 24.3. The number of anilines is 1. The van der Waals surface area contributed by atoms with Crippen molar-refractivity contribution in [1.82, 2.24) is 39.6 Å². The number of nitrogens with zero attached hydrogens (tertiary/aromatic N) is 9. The molecule has 0 spiro atoms. The first-order valence-corrected chi connectivity index (χ1v) is 14.7. The second kappa shape index (κ2) is 11.8. The lowest BCUT2D eigenvalue weighted by molar-refractivity contribution is -0.132. The van der Waals surface area contributed by atoms with Gasteiger partial charge >= 0.3 is 6.09 Å². The van der Waals surface area contributed by atoms with E-state index in [-0.39, 0.29) is 24.2 Å². The number of carbonyl (C=O) groups excluding carboxylic acids is 1. The van der Waals surface area contributed by atoms with Crippen LogP contribution in [0.25, 0.3) is 28.2 Å². The molecule has 0 bridgehead atoms. The number of hydrogen-bond acceptors (Lipinski definition) is 9. The molecule has 2 saturated heterocycles. The van der Waals surface area contributed by atoms with Gasteiger partial charge in [-0.05, 0) is 77.1 Å². The SMILES string of the molecule is CC(C)Nc1cc(-c2ccc3cc(C#N)cnn23)ncc1-c1cn(C2CCN(OC(=O)N3CCCCC3C)CC2)nn1. The molecule has 1 atom stereocenters. The first kappa shape index (κ1) is 27.7. The summed E-state index contributed by atoms with van der Waals surface area (Å²) < 4.78 is 3.71. The number of nitriles is 1. The van der Waals surface area contributed by atoms with Crippen LogP contribution in [0.15, 0.2) is 42.9 Å². The van der Waals surface area contributed by atoms with E-state index in [2.05, 4.69) is 47.6 Å². The van der Waals surface area contributed by atoms with Crippen molar-refractivity contribution in [3.05, 3.63) is 48.4 Å². The molecule has 6 rings (SSSR count). The standard InChI is InChI=1S/C30H36N10O2/c1-20(2)34-26-15-27(29-8-7-24-14-22(16-31)17-33-40(24)29)32-18-25(26)28-19-39(36-35-28)23-9-12-37(13-10-23)42-30(41)38-11-5-4-6-21(38)3/h7-8,14-15,17-21,23H,4-6,9-13H2,1-3H3,(H,32,34). The number of hydrogen-bond donors (Lipinski definition) is 1. The number of likely N-dealkylation sites (tertiary alicyclic amines) is 1. The van der Waals surface area contributed by atoms with Crippen LogP contribution in [0.1, 0.15) is 64.5 Å². The van der Waals surface area contributed by atoms with Crippen molar-refractivity contribution in [3.63, 3.8) is 0 Å². The van der Waals surface area contributed by atoms with E-state index >= 15 is 0 Å². The molecule has 218 valence electrons. The van der Waals surface area contributed by atoms with Gasteiger partial charge in [-0.1, -0.05) is 5.21 Å². The van der Waals surface area contributed by atoms with Crippen LogP contribution in [0.3, 0.4) is 0 Å². The van der Waals surface area contributed by atoms with Crippen molar-refractivity contribution in [2.24, 2.45) is 0 Å². The summed E-state index contributed by atoms with van der Waals surface area (Å²) in [7, 11) is 0. The summed E-state index contributed by atoms with van der Waals surface area (Å²) in [6.45, 7) is 8.34. The lowest BCUT2D eigenvalue weighted by atomic mass is 10.0. The number of aromatic nitrogens is 6.